The third-order valence-corrected chi connectivity index (χ3v) is 6.99. The van der Waals surface area contributed by atoms with E-state index in [0.717, 1.165) is 0 Å². The molecule has 0 aliphatic rings. The van der Waals surface area contributed by atoms with Crippen molar-refractivity contribution in [1.82, 2.24) is 10.2 Å². The number of anilines is 4. The number of carbonyl (C=O) groups excluding carboxylic acids is 2. The fourth-order valence-electron chi connectivity index (χ4n) is 4.71. The summed E-state index contributed by atoms with van der Waals surface area (Å²) in [6, 6.07) is 35.9. The Hall–Kier alpha value is -5.11. The molecule has 4 aromatic rings. The van der Waals surface area contributed by atoms with E-state index in [-0.39, 0.29) is 25.2 Å². The normalized spacial score (nSPS) is 12.0. The van der Waals surface area contributed by atoms with Crippen molar-refractivity contribution in [2.75, 3.05) is 22.9 Å². The average molecular weight is 565 g/mol. The van der Waals surface area contributed by atoms with E-state index in [2.05, 4.69) is 5.32 Å². The van der Waals surface area contributed by atoms with E-state index < -0.39 is 17.9 Å². The Bertz CT molecular complexity index is 1360. The highest BCUT2D eigenvalue weighted by Gasteiger charge is 2.32. The summed E-state index contributed by atoms with van der Waals surface area (Å²) in [5, 5.41) is 12.8. The van der Waals surface area contributed by atoms with Gasteiger partial charge in [0.05, 0.1) is 34.7 Å². The Kier molecular flexibility index (Phi) is 10.3. The molecule has 0 spiro atoms. The van der Waals surface area contributed by atoms with Crippen LogP contribution in [0.5, 0.6) is 0 Å². The number of rotatable bonds is 11. The van der Waals surface area contributed by atoms with Gasteiger partial charge in [-0.3, -0.25) is 14.6 Å². The van der Waals surface area contributed by atoms with Crippen LogP contribution in [0.25, 0.3) is 0 Å². The number of para-hydroxylation sites is 4. The van der Waals surface area contributed by atoms with Crippen LogP contribution in [0.3, 0.4) is 0 Å². The van der Waals surface area contributed by atoms with E-state index in [1.165, 1.54) is 0 Å². The highest BCUT2D eigenvalue weighted by atomic mass is 16.4. The maximum absolute atomic E-state index is 14.4. The van der Waals surface area contributed by atoms with Gasteiger partial charge in [-0.05, 0) is 55.0 Å². The van der Waals surface area contributed by atoms with Crippen molar-refractivity contribution in [1.29, 1.82) is 0 Å². The maximum Gasteiger partial charge on any atom is 0.329 e. The molecule has 0 unspecified atom stereocenters. The molecule has 42 heavy (non-hydrogen) atoms. The molecule has 4 aromatic carbocycles. The summed E-state index contributed by atoms with van der Waals surface area (Å²) < 4.78 is 0. The number of nitrogens with zero attached hydrogens (tertiary/aromatic N) is 3. The Balaban J connectivity index is 1.65. The van der Waals surface area contributed by atoms with Crippen LogP contribution in [0.4, 0.5) is 32.3 Å². The number of nitrogens with one attached hydrogen (secondary N) is 1. The predicted molar refractivity (Wildman–Crippen MR) is 166 cm³/mol. The van der Waals surface area contributed by atoms with Crippen molar-refractivity contribution in [2.45, 2.75) is 26.3 Å². The van der Waals surface area contributed by atoms with Gasteiger partial charge in [0.15, 0.2) is 0 Å². The van der Waals surface area contributed by atoms with E-state index in [4.69, 9.17) is 0 Å². The van der Waals surface area contributed by atoms with E-state index in [9.17, 15) is 19.5 Å². The molecule has 8 heteroatoms. The van der Waals surface area contributed by atoms with E-state index in [0.29, 0.717) is 29.2 Å². The first kappa shape index (κ1) is 29.9. The number of hydrogen-bond donors (Lipinski definition) is 2. The van der Waals surface area contributed by atoms with Gasteiger partial charge in [0.25, 0.3) is 0 Å². The topological polar surface area (TPSA) is 93.2 Å². The third kappa shape index (κ3) is 7.34. The predicted octanol–water partition coefficient (Wildman–Crippen LogP) is 7.29. The molecule has 0 radical (unpaired) electrons. The van der Waals surface area contributed by atoms with Crippen molar-refractivity contribution in [3.8, 4) is 0 Å². The van der Waals surface area contributed by atoms with Gasteiger partial charge in [-0.1, -0.05) is 86.6 Å². The molecule has 4 rings (SSSR count). The number of urea groups is 2. The Morgan fingerprint density at radius 3 is 1.40 bits per heavy atom. The first-order chi connectivity index (χ1) is 20.4. The number of amides is 4. The number of carbonyl (C=O) groups is 3. The van der Waals surface area contributed by atoms with E-state index in [1.807, 2.05) is 128 Å². The van der Waals surface area contributed by atoms with Crippen LogP contribution in [0.1, 0.15) is 20.3 Å². The van der Waals surface area contributed by atoms with Gasteiger partial charge in [-0.25, -0.2) is 9.59 Å². The van der Waals surface area contributed by atoms with Crippen LogP contribution in [0.2, 0.25) is 0 Å². The minimum absolute atomic E-state index is 0.0280. The molecule has 0 aliphatic carbocycles. The van der Waals surface area contributed by atoms with Gasteiger partial charge < -0.3 is 15.3 Å². The Morgan fingerprint density at radius 2 is 1.05 bits per heavy atom. The molecular formula is C34H36N4O4. The van der Waals surface area contributed by atoms with Crippen molar-refractivity contribution < 1.29 is 19.5 Å². The molecule has 2 N–H and O–H groups in total. The standard InChI is InChI=1S/C34H36N4O4/c1-3-27(24-35-33(41)37(28-16-8-4-9-17-28)29-18-10-5-11-19-29)36(25-26(2)32(39)40)34(42)38(30-20-12-6-13-21-30)31-22-14-7-15-23-31/h4-23,26-27H,3,24-25H2,1-2H3,(H,35,41)(H,39,40)/t26-,27-/m0/s1. The fraction of sp³-hybridized carbons (Fsp3) is 0.206. The lowest BCUT2D eigenvalue weighted by Gasteiger charge is -2.37. The zero-order chi connectivity index (χ0) is 29.9. The molecule has 8 nitrogen and oxygen atoms in total. The minimum Gasteiger partial charge on any atom is -0.481 e. The van der Waals surface area contributed by atoms with Crippen molar-refractivity contribution in [3.05, 3.63) is 121 Å². The van der Waals surface area contributed by atoms with Crippen LogP contribution in [-0.2, 0) is 4.79 Å². The first-order valence-electron chi connectivity index (χ1n) is 14.0. The second-order valence-corrected chi connectivity index (χ2v) is 9.94. The Morgan fingerprint density at radius 1 is 0.667 bits per heavy atom. The molecule has 0 saturated carbocycles. The number of hydrogen-bond acceptors (Lipinski definition) is 3. The fourth-order valence-corrected chi connectivity index (χ4v) is 4.71. The third-order valence-electron chi connectivity index (χ3n) is 6.99. The maximum atomic E-state index is 14.4. The monoisotopic (exact) mass is 564 g/mol. The number of aliphatic carboxylic acids is 1. The first-order valence-corrected chi connectivity index (χ1v) is 14.0. The zero-order valence-corrected chi connectivity index (χ0v) is 23.8. The summed E-state index contributed by atoms with van der Waals surface area (Å²) in [4.78, 5) is 44.7. The van der Waals surface area contributed by atoms with Crippen LogP contribution >= 0.6 is 0 Å². The van der Waals surface area contributed by atoms with Gasteiger partial charge in [-0.15, -0.1) is 0 Å². The summed E-state index contributed by atoms with van der Waals surface area (Å²) in [5.41, 5.74) is 2.70. The summed E-state index contributed by atoms with van der Waals surface area (Å²) >= 11 is 0. The van der Waals surface area contributed by atoms with Gasteiger partial charge >= 0.3 is 18.0 Å². The number of carboxylic acid groups (broad SMARTS) is 1. The summed E-state index contributed by atoms with van der Waals surface area (Å²) in [5.74, 6) is -1.82. The molecule has 0 fully saturated rings. The van der Waals surface area contributed by atoms with Crippen LogP contribution in [-0.4, -0.2) is 47.2 Å². The highest BCUT2D eigenvalue weighted by Crippen LogP contribution is 2.29. The van der Waals surface area contributed by atoms with Crippen molar-refractivity contribution in [2.24, 2.45) is 5.92 Å². The van der Waals surface area contributed by atoms with Gasteiger partial charge in [0.2, 0.25) is 0 Å². The van der Waals surface area contributed by atoms with E-state index >= 15 is 0 Å². The number of carboxylic acids is 1. The summed E-state index contributed by atoms with van der Waals surface area (Å²) in [6.45, 7) is 3.60. The van der Waals surface area contributed by atoms with E-state index in [1.54, 1.807) is 21.6 Å². The second-order valence-electron chi connectivity index (χ2n) is 9.94. The second kappa shape index (κ2) is 14.5. The molecule has 216 valence electrons. The molecule has 4 amide bonds. The lowest BCUT2D eigenvalue weighted by molar-refractivity contribution is -0.141. The quantitative estimate of drug-likeness (QED) is 0.200. The molecule has 0 aliphatic heterocycles. The van der Waals surface area contributed by atoms with Gasteiger partial charge in [0.1, 0.15) is 0 Å². The smallest absolute Gasteiger partial charge is 0.329 e. The number of benzene rings is 4. The molecule has 0 bridgehead atoms. The van der Waals surface area contributed by atoms with Crippen molar-refractivity contribution in [3.63, 3.8) is 0 Å². The lowest BCUT2D eigenvalue weighted by Crippen LogP contribution is -2.53. The lowest BCUT2D eigenvalue weighted by atomic mass is 10.1. The molecule has 0 aromatic heterocycles. The minimum atomic E-state index is -1.00. The summed E-state index contributed by atoms with van der Waals surface area (Å²) in [7, 11) is 0. The Labute approximate surface area is 246 Å². The van der Waals surface area contributed by atoms with Crippen LogP contribution < -0.4 is 15.1 Å². The molecule has 0 saturated heterocycles. The van der Waals surface area contributed by atoms with Crippen LogP contribution in [0.15, 0.2) is 121 Å². The van der Waals surface area contributed by atoms with Gasteiger partial charge in [-0.2, -0.15) is 0 Å². The average Bonchev–Trinajstić information content (AvgIpc) is 3.03. The summed E-state index contributed by atoms with van der Waals surface area (Å²) in [6.07, 6.45) is 0.493. The van der Waals surface area contributed by atoms with Crippen LogP contribution in [0, 0.1) is 5.92 Å². The SMILES string of the molecule is CC[C@@H](CNC(=O)N(c1ccccc1)c1ccccc1)N(C[C@H](C)C(=O)O)C(=O)N(c1ccccc1)c1ccccc1. The highest BCUT2D eigenvalue weighted by molar-refractivity contribution is 6.00. The van der Waals surface area contributed by atoms with Gasteiger partial charge in [0, 0.05) is 13.1 Å². The molecule has 0 heterocycles. The largest absolute Gasteiger partial charge is 0.481 e. The molecular weight excluding hydrogens is 528 g/mol. The zero-order valence-electron chi connectivity index (χ0n) is 23.8. The van der Waals surface area contributed by atoms with Crippen molar-refractivity contribution >= 4 is 40.8 Å². The molecule has 2 atom stereocenters.